The molecule has 0 rings (SSSR count). The molecule has 0 radical (unpaired) electrons. The molecule has 5 heteroatoms. The standard InChI is InChI=1S/C23H40N2O3/c1-22(2,3)14-9-8-10-15-23(4,5)16-11-13-20(26)24-17-12-18-25(6,7)19-21(27)28/h8-11,13,15H,12,14,16-19H2,1-7H3,(H-,24,26,27,28)/p+1. The maximum Gasteiger partial charge on any atom is 0.359 e. The first-order valence-electron chi connectivity index (χ1n) is 10.1. The van der Waals surface area contributed by atoms with Crippen LogP contribution in [0.4, 0.5) is 0 Å². The molecule has 0 heterocycles. The molecule has 0 aliphatic heterocycles. The number of aliphatic carboxylic acids is 1. The Bertz CT molecular complexity index is 579. The van der Waals surface area contributed by atoms with Crippen molar-refractivity contribution in [3.05, 3.63) is 36.5 Å². The topological polar surface area (TPSA) is 66.4 Å². The molecule has 0 aromatic rings. The average molecular weight is 394 g/mol. The third kappa shape index (κ3) is 16.3. The van der Waals surface area contributed by atoms with E-state index < -0.39 is 5.97 Å². The number of rotatable bonds is 12. The number of carboxylic acid groups (broad SMARTS) is 1. The monoisotopic (exact) mass is 393 g/mol. The Morgan fingerprint density at radius 3 is 2.21 bits per heavy atom. The van der Waals surface area contributed by atoms with Gasteiger partial charge in [0.25, 0.3) is 0 Å². The number of hydrogen-bond acceptors (Lipinski definition) is 2. The molecule has 0 atom stereocenters. The van der Waals surface area contributed by atoms with Crippen LogP contribution in [0.5, 0.6) is 0 Å². The number of nitrogens with zero attached hydrogens (tertiary/aromatic N) is 1. The minimum Gasteiger partial charge on any atom is -0.477 e. The van der Waals surface area contributed by atoms with Gasteiger partial charge in [0.2, 0.25) is 5.91 Å². The lowest BCUT2D eigenvalue weighted by molar-refractivity contribution is -0.883. The lowest BCUT2D eigenvalue weighted by Gasteiger charge is -2.27. The van der Waals surface area contributed by atoms with E-state index in [4.69, 9.17) is 5.11 Å². The second-order valence-electron chi connectivity index (χ2n) is 10.0. The molecule has 0 saturated heterocycles. The van der Waals surface area contributed by atoms with Crippen molar-refractivity contribution in [3.8, 4) is 0 Å². The maximum absolute atomic E-state index is 11.9. The first kappa shape index (κ1) is 26.1. The molecule has 0 aromatic heterocycles. The van der Waals surface area contributed by atoms with Gasteiger partial charge in [-0.2, -0.15) is 0 Å². The molecule has 0 spiro atoms. The van der Waals surface area contributed by atoms with Gasteiger partial charge < -0.3 is 14.9 Å². The Labute approximate surface area is 171 Å². The van der Waals surface area contributed by atoms with Gasteiger partial charge in [-0.3, -0.25) is 4.79 Å². The number of carboxylic acids is 1. The van der Waals surface area contributed by atoms with Crippen molar-refractivity contribution in [3.63, 3.8) is 0 Å². The minimum atomic E-state index is -0.807. The first-order chi connectivity index (χ1) is 12.7. The summed E-state index contributed by atoms with van der Waals surface area (Å²) in [5, 5.41) is 11.7. The predicted molar refractivity (Wildman–Crippen MR) is 117 cm³/mol. The first-order valence-corrected chi connectivity index (χ1v) is 10.1. The molecule has 0 bridgehead atoms. The van der Waals surface area contributed by atoms with Crippen molar-refractivity contribution in [1.29, 1.82) is 0 Å². The smallest absolute Gasteiger partial charge is 0.359 e. The molecule has 28 heavy (non-hydrogen) atoms. The number of carbonyl (C=O) groups excluding carboxylic acids is 1. The van der Waals surface area contributed by atoms with Crippen molar-refractivity contribution in [2.24, 2.45) is 10.8 Å². The van der Waals surface area contributed by atoms with Crippen LogP contribution in [0.1, 0.15) is 53.9 Å². The van der Waals surface area contributed by atoms with Crippen LogP contribution in [0.15, 0.2) is 36.5 Å². The van der Waals surface area contributed by atoms with Crippen LogP contribution in [0.3, 0.4) is 0 Å². The summed E-state index contributed by atoms with van der Waals surface area (Å²) in [5.41, 5.74) is 0.294. The number of carbonyl (C=O) groups is 2. The van der Waals surface area contributed by atoms with Gasteiger partial charge >= 0.3 is 5.97 Å². The van der Waals surface area contributed by atoms with E-state index in [2.05, 4.69) is 64.2 Å². The van der Waals surface area contributed by atoms with E-state index in [1.54, 1.807) is 6.08 Å². The Kier molecular flexibility index (Phi) is 11.1. The SMILES string of the molecule is CC(C)(C)CC=CC=CC(C)(C)CC=CC(=O)NCCC[N+](C)(C)CC(=O)O. The van der Waals surface area contributed by atoms with Crippen molar-refractivity contribution < 1.29 is 19.2 Å². The Hall–Kier alpha value is -1.88. The third-order valence-corrected chi connectivity index (χ3v) is 4.24. The molecule has 0 saturated carbocycles. The largest absolute Gasteiger partial charge is 0.477 e. The number of allylic oxidation sites excluding steroid dienone is 5. The molecule has 0 aliphatic rings. The van der Waals surface area contributed by atoms with Crippen LogP contribution >= 0.6 is 0 Å². The number of amides is 1. The molecular weight excluding hydrogens is 352 g/mol. The number of nitrogens with one attached hydrogen (secondary N) is 1. The zero-order chi connectivity index (χ0) is 21.8. The zero-order valence-corrected chi connectivity index (χ0v) is 18.9. The summed E-state index contributed by atoms with van der Waals surface area (Å²) >= 11 is 0. The molecule has 0 fully saturated rings. The molecule has 160 valence electrons. The molecule has 1 amide bonds. The summed E-state index contributed by atoms with van der Waals surface area (Å²) in [5.74, 6) is -0.910. The zero-order valence-electron chi connectivity index (χ0n) is 18.9. The average Bonchev–Trinajstić information content (AvgIpc) is 2.48. The fraction of sp³-hybridized carbons (Fsp3) is 0.652. The van der Waals surface area contributed by atoms with Gasteiger partial charge in [0.15, 0.2) is 6.54 Å². The number of hydrogen-bond donors (Lipinski definition) is 2. The molecular formula is C23H41N2O3+. The van der Waals surface area contributed by atoms with Crippen LogP contribution < -0.4 is 5.32 Å². The van der Waals surface area contributed by atoms with Gasteiger partial charge in [0, 0.05) is 13.0 Å². The van der Waals surface area contributed by atoms with E-state index in [-0.39, 0.29) is 17.9 Å². The van der Waals surface area contributed by atoms with E-state index in [0.29, 0.717) is 23.0 Å². The number of likely N-dealkylation sites (N-methyl/N-ethyl adjacent to an activating group) is 1. The van der Waals surface area contributed by atoms with Gasteiger partial charge in [-0.25, -0.2) is 4.79 Å². The summed E-state index contributed by atoms with van der Waals surface area (Å²) < 4.78 is 0.408. The van der Waals surface area contributed by atoms with Gasteiger partial charge in [0.1, 0.15) is 0 Å². The third-order valence-electron chi connectivity index (χ3n) is 4.24. The Balaban J connectivity index is 4.18. The van der Waals surface area contributed by atoms with Crippen molar-refractivity contribution in [2.45, 2.75) is 53.9 Å². The van der Waals surface area contributed by atoms with Crippen LogP contribution in [0.25, 0.3) is 0 Å². The van der Waals surface area contributed by atoms with Crippen molar-refractivity contribution in [2.75, 3.05) is 33.7 Å². The second kappa shape index (κ2) is 11.8. The van der Waals surface area contributed by atoms with E-state index in [0.717, 1.165) is 19.3 Å². The Morgan fingerprint density at radius 2 is 1.64 bits per heavy atom. The molecule has 0 aliphatic carbocycles. The normalized spacial score (nSPS) is 13.7. The highest BCUT2D eigenvalue weighted by molar-refractivity contribution is 5.87. The quantitative estimate of drug-likeness (QED) is 0.226. The van der Waals surface area contributed by atoms with Gasteiger partial charge in [0.05, 0.1) is 20.6 Å². The van der Waals surface area contributed by atoms with Crippen molar-refractivity contribution in [1.82, 2.24) is 5.32 Å². The highest BCUT2D eigenvalue weighted by atomic mass is 16.4. The Morgan fingerprint density at radius 1 is 1.00 bits per heavy atom. The molecule has 2 N–H and O–H groups in total. The molecule has 0 unspecified atom stereocenters. The van der Waals surface area contributed by atoms with Crippen LogP contribution in [-0.4, -0.2) is 55.2 Å². The fourth-order valence-corrected chi connectivity index (χ4v) is 2.58. The predicted octanol–water partition coefficient (Wildman–Crippen LogP) is 4.17. The highest BCUT2D eigenvalue weighted by Crippen LogP contribution is 2.23. The van der Waals surface area contributed by atoms with Crippen molar-refractivity contribution >= 4 is 11.9 Å². The van der Waals surface area contributed by atoms with Gasteiger partial charge in [-0.15, -0.1) is 0 Å². The molecule has 5 nitrogen and oxygen atoms in total. The highest BCUT2D eigenvalue weighted by Gasteiger charge is 2.18. The molecule has 0 aromatic carbocycles. The van der Waals surface area contributed by atoms with E-state index in [1.165, 1.54) is 0 Å². The minimum absolute atomic E-state index is 0.0127. The maximum atomic E-state index is 11.9. The van der Waals surface area contributed by atoms with E-state index >= 15 is 0 Å². The number of quaternary nitrogens is 1. The second-order valence-corrected chi connectivity index (χ2v) is 10.0. The summed E-state index contributed by atoms with van der Waals surface area (Å²) in [4.78, 5) is 22.7. The van der Waals surface area contributed by atoms with Gasteiger partial charge in [-0.05, 0) is 29.7 Å². The van der Waals surface area contributed by atoms with E-state index in [1.807, 2.05) is 20.2 Å². The fourth-order valence-electron chi connectivity index (χ4n) is 2.58. The summed E-state index contributed by atoms with van der Waals surface area (Å²) in [6.45, 7) is 12.3. The summed E-state index contributed by atoms with van der Waals surface area (Å²) in [6.07, 6.45) is 14.6. The van der Waals surface area contributed by atoms with Crippen LogP contribution in [0, 0.1) is 10.8 Å². The summed E-state index contributed by atoms with van der Waals surface area (Å²) in [7, 11) is 3.76. The summed E-state index contributed by atoms with van der Waals surface area (Å²) in [6, 6.07) is 0. The van der Waals surface area contributed by atoms with Crippen LogP contribution in [-0.2, 0) is 9.59 Å². The van der Waals surface area contributed by atoms with Crippen LogP contribution in [0.2, 0.25) is 0 Å². The van der Waals surface area contributed by atoms with Gasteiger partial charge in [-0.1, -0.05) is 65.0 Å². The van der Waals surface area contributed by atoms with E-state index in [9.17, 15) is 9.59 Å². The lowest BCUT2D eigenvalue weighted by Crippen LogP contribution is -2.45. The lowest BCUT2D eigenvalue weighted by atomic mass is 9.88.